The number of aromatic amines is 1. The third-order valence-corrected chi connectivity index (χ3v) is 6.72. The molecule has 4 rings (SSSR count). The average Bonchev–Trinajstić information content (AvgIpc) is 2.89. The molecule has 156 valence electrons. The Morgan fingerprint density at radius 3 is 2.53 bits per heavy atom. The lowest BCUT2D eigenvalue weighted by Gasteiger charge is -2.27. The molecule has 0 saturated heterocycles. The van der Waals surface area contributed by atoms with Gasteiger partial charge in [-0.05, 0) is 78.1 Å². The van der Waals surface area contributed by atoms with Crippen LogP contribution in [-0.4, -0.2) is 12.1 Å². The number of fused-ring (bicyclic) bond motifs is 3. The largest absolute Gasteiger partial charge is 0.497 e. The van der Waals surface area contributed by atoms with Crippen molar-refractivity contribution < 1.29 is 4.74 Å². The summed E-state index contributed by atoms with van der Waals surface area (Å²) in [7, 11) is 1.69. The van der Waals surface area contributed by atoms with Crippen molar-refractivity contribution in [3.63, 3.8) is 0 Å². The van der Waals surface area contributed by atoms with Crippen LogP contribution in [0.2, 0.25) is 5.02 Å². The van der Waals surface area contributed by atoms with Crippen LogP contribution in [0.15, 0.2) is 47.3 Å². The molecule has 1 heterocycles. The van der Waals surface area contributed by atoms with Gasteiger partial charge in [-0.1, -0.05) is 49.7 Å². The summed E-state index contributed by atoms with van der Waals surface area (Å²) in [5, 5.41) is 3.51. The molecule has 3 atom stereocenters. The van der Waals surface area contributed by atoms with Crippen molar-refractivity contribution in [1.82, 2.24) is 4.98 Å². The predicted octanol–water partition coefficient (Wildman–Crippen LogP) is 4.68. The van der Waals surface area contributed by atoms with E-state index in [9.17, 15) is 4.79 Å². The molecule has 1 N–H and O–H groups in total. The van der Waals surface area contributed by atoms with Crippen LogP contribution in [0.1, 0.15) is 32.3 Å². The molecule has 3 nitrogen and oxygen atoms in total. The van der Waals surface area contributed by atoms with E-state index in [1.54, 1.807) is 7.11 Å². The zero-order chi connectivity index (χ0) is 21.3. The second-order valence-electron chi connectivity index (χ2n) is 8.29. The molecule has 1 aromatic heterocycles. The van der Waals surface area contributed by atoms with Crippen molar-refractivity contribution in [2.45, 2.75) is 33.1 Å². The maximum atomic E-state index is 12.9. The van der Waals surface area contributed by atoms with Gasteiger partial charge in [-0.3, -0.25) is 4.79 Å². The Kier molecular flexibility index (Phi) is 6.01. The Balaban J connectivity index is 1.74. The first kappa shape index (κ1) is 20.7. The van der Waals surface area contributed by atoms with E-state index in [2.05, 4.69) is 43.1 Å². The maximum absolute atomic E-state index is 12.9. The van der Waals surface area contributed by atoms with Crippen LogP contribution in [0.3, 0.4) is 0 Å². The molecule has 0 bridgehead atoms. The molecule has 3 aromatic rings. The summed E-state index contributed by atoms with van der Waals surface area (Å²) in [6.07, 6.45) is 7.58. The van der Waals surface area contributed by atoms with Crippen LogP contribution in [0.25, 0.3) is 23.1 Å². The molecule has 0 amide bonds. The number of hydrogen-bond acceptors (Lipinski definition) is 2. The number of hydrogen-bond donors (Lipinski definition) is 1. The Bertz CT molecular complexity index is 1230. The standard InChI is InChI=1S/C26H28ClNO2/c1-4-18-14-24-22(23-15-19(27)8-12-25(23)28-26(24)29)13-16(2)21(18)11-7-17-5-9-20(30-3)10-6-17/h5-6,8-10,12-16,18,21H,4,7,11H2,1-3H3,(H,28,29). The number of ether oxygens (including phenoxy) is 1. The van der Waals surface area contributed by atoms with Gasteiger partial charge in [0.2, 0.25) is 0 Å². The quantitative estimate of drug-likeness (QED) is 0.650. The van der Waals surface area contributed by atoms with E-state index in [1.807, 2.05) is 30.3 Å². The molecule has 30 heavy (non-hydrogen) atoms. The second-order valence-corrected chi connectivity index (χ2v) is 8.72. The molecule has 2 aromatic carbocycles. The minimum atomic E-state index is -0.0162. The van der Waals surface area contributed by atoms with Crippen molar-refractivity contribution in [3.8, 4) is 5.75 Å². The first-order valence-electron chi connectivity index (χ1n) is 10.7. The Labute approximate surface area is 182 Å². The normalized spacial score (nSPS) is 20.7. The monoisotopic (exact) mass is 421 g/mol. The number of methoxy groups -OCH3 is 1. The van der Waals surface area contributed by atoms with Crippen LogP contribution in [-0.2, 0) is 6.42 Å². The fourth-order valence-corrected chi connectivity index (χ4v) is 4.96. The van der Waals surface area contributed by atoms with Crippen LogP contribution in [0.4, 0.5) is 0 Å². The summed E-state index contributed by atoms with van der Waals surface area (Å²) >= 11 is 6.28. The predicted molar refractivity (Wildman–Crippen MR) is 126 cm³/mol. The fourth-order valence-electron chi connectivity index (χ4n) is 4.79. The minimum absolute atomic E-state index is 0.0162. The Morgan fingerprint density at radius 2 is 1.83 bits per heavy atom. The van der Waals surface area contributed by atoms with Gasteiger partial charge in [0.15, 0.2) is 0 Å². The van der Waals surface area contributed by atoms with Gasteiger partial charge in [-0.2, -0.15) is 0 Å². The van der Waals surface area contributed by atoms with E-state index in [1.165, 1.54) is 5.56 Å². The number of pyridine rings is 1. The number of halogens is 1. The van der Waals surface area contributed by atoms with Gasteiger partial charge < -0.3 is 9.72 Å². The summed E-state index contributed by atoms with van der Waals surface area (Å²) < 4.78 is 5.27. The summed E-state index contributed by atoms with van der Waals surface area (Å²) in [4.78, 5) is 15.9. The van der Waals surface area contributed by atoms with Gasteiger partial charge in [0.25, 0.3) is 5.56 Å². The van der Waals surface area contributed by atoms with Crippen LogP contribution >= 0.6 is 11.6 Å². The van der Waals surface area contributed by atoms with Crippen LogP contribution in [0, 0.1) is 17.8 Å². The van der Waals surface area contributed by atoms with E-state index in [-0.39, 0.29) is 5.56 Å². The molecular weight excluding hydrogens is 394 g/mol. The minimum Gasteiger partial charge on any atom is -0.497 e. The van der Waals surface area contributed by atoms with E-state index < -0.39 is 0 Å². The highest BCUT2D eigenvalue weighted by Crippen LogP contribution is 2.32. The molecule has 0 saturated carbocycles. The lowest BCUT2D eigenvalue weighted by Crippen LogP contribution is -2.41. The highest BCUT2D eigenvalue weighted by molar-refractivity contribution is 6.31. The van der Waals surface area contributed by atoms with E-state index in [0.29, 0.717) is 22.8 Å². The number of benzene rings is 2. The first-order chi connectivity index (χ1) is 14.5. The second kappa shape index (κ2) is 8.69. The summed E-state index contributed by atoms with van der Waals surface area (Å²) in [5.74, 6) is 2.07. The van der Waals surface area contributed by atoms with Crippen molar-refractivity contribution in [1.29, 1.82) is 0 Å². The van der Waals surface area contributed by atoms with Crippen molar-refractivity contribution in [3.05, 3.63) is 73.8 Å². The average molecular weight is 422 g/mol. The Hall–Kier alpha value is -2.52. The molecule has 0 aliphatic heterocycles. The number of nitrogens with one attached hydrogen (secondary N) is 1. The summed E-state index contributed by atoms with van der Waals surface area (Å²) in [6, 6.07) is 14.0. The van der Waals surface area contributed by atoms with Gasteiger partial charge in [0, 0.05) is 21.1 Å². The Morgan fingerprint density at radius 1 is 1.07 bits per heavy atom. The van der Waals surface area contributed by atoms with Gasteiger partial charge in [0.1, 0.15) is 5.75 Å². The van der Waals surface area contributed by atoms with Crippen molar-refractivity contribution in [2.75, 3.05) is 7.11 Å². The molecule has 4 heteroatoms. The van der Waals surface area contributed by atoms with Gasteiger partial charge in [0.05, 0.1) is 7.11 Å². The highest BCUT2D eigenvalue weighted by atomic mass is 35.5. The molecule has 1 aliphatic rings. The molecule has 0 spiro atoms. The molecular formula is C26H28ClNO2. The zero-order valence-corrected chi connectivity index (χ0v) is 18.5. The number of H-pyrrole nitrogens is 1. The van der Waals surface area contributed by atoms with Gasteiger partial charge in [-0.25, -0.2) is 0 Å². The lowest BCUT2D eigenvalue weighted by atomic mass is 9.78. The number of aryl methyl sites for hydroxylation is 1. The van der Waals surface area contributed by atoms with Crippen LogP contribution in [0.5, 0.6) is 5.75 Å². The third kappa shape index (κ3) is 4.04. The van der Waals surface area contributed by atoms with Gasteiger partial charge in [-0.15, -0.1) is 0 Å². The fraction of sp³-hybridized carbons (Fsp3) is 0.346. The first-order valence-corrected chi connectivity index (χ1v) is 11.1. The molecule has 0 radical (unpaired) electrons. The number of rotatable bonds is 5. The van der Waals surface area contributed by atoms with E-state index in [0.717, 1.165) is 46.4 Å². The molecule has 0 fully saturated rings. The molecule has 3 unspecified atom stereocenters. The number of aromatic nitrogens is 1. The smallest absolute Gasteiger partial charge is 0.255 e. The lowest BCUT2D eigenvalue weighted by molar-refractivity contribution is 0.320. The summed E-state index contributed by atoms with van der Waals surface area (Å²) in [5.41, 5.74) is 2.14. The highest BCUT2D eigenvalue weighted by Gasteiger charge is 2.25. The van der Waals surface area contributed by atoms with E-state index >= 15 is 0 Å². The third-order valence-electron chi connectivity index (χ3n) is 6.49. The van der Waals surface area contributed by atoms with E-state index in [4.69, 9.17) is 16.3 Å². The SMILES string of the molecule is CCC1C=c2c(=O)[nH]c3ccc(Cl)cc3c2=CC(C)C1CCc1ccc(OC)cc1. The summed E-state index contributed by atoms with van der Waals surface area (Å²) in [6.45, 7) is 4.49. The van der Waals surface area contributed by atoms with Gasteiger partial charge >= 0.3 is 0 Å². The molecule has 1 aliphatic carbocycles. The van der Waals surface area contributed by atoms with Crippen LogP contribution < -0.4 is 20.7 Å². The topological polar surface area (TPSA) is 42.1 Å². The van der Waals surface area contributed by atoms with Crippen molar-refractivity contribution in [2.24, 2.45) is 17.8 Å². The zero-order valence-electron chi connectivity index (χ0n) is 17.7. The maximum Gasteiger partial charge on any atom is 0.255 e. The van der Waals surface area contributed by atoms with Crippen molar-refractivity contribution >= 4 is 34.7 Å².